The van der Waals surface area contributed by atoms with Crippen LogP contribution in [0.2, 0.25) is 0 Å². The molecule has 0 saturated heterocycles. The highest BCUT2D eigenvalue weighted by Crippen LogP contribution is 2.26. The molecule has 166 valence electrons. The lowest BCUT2D eigenvalue weighted by Gasteiger charge is -2.11. The minimum Gasteiger partial charge on any atom is -0.351 e. The number of sulfonamides is 1. The summed E-state index contributed by atoms with van der Waals surface area (Å²) in [5.41, 5.74) is 2.85. The first-order valence-electron chi connectivity index (χ1n) is 10.5. The molecule has 2 amide bonds. The van der Waals surface area contributed by atoms with Crippen LogP contribution in [0, 0.1) is 19.8 Å². The topological polar surface area (TPSA) is 104 Å². The van der Waals surface area contributed by atoms with Crippen LogP contribution in [0.1, 0.15) is 47.2 Å². The van der Waals surface area contributed by atoms with Crippen LogP contribution in [0.3, 0.4) is 0 Å². The van der Waals surface area contributed by atoms with Crippen molar-refractivity contribution in [3.8, 4) is 0 Å². The summed E-state index contributed by atoms with van der Waals surface area (Å²) in [6.07, 6.45) is 4.05. The van der Waals surface area contributed by atoms with Crippen molar-refractivity contribution >= 4 is 27.5 Å². The first-order valence-corrected chi connectivity index (χ1v) is 12.0. The molecule has 8 heteroatoms. The molecule has 1 aliphatic rings. The molecule has 1 aliphatic carbocycles. The van der Waals surface area contributed by atoms with E-state index in [1.807, 2.05) is 19.9 Å². The van der Waals surface area contributed by atoms with Crippen LogP contribution in [0.4, 0.5) is 5.69 Å². The molecule has 2 aromatic carbocycles. The average Bonchev–Trinajstić information content (AvgIpc) is 3.26. The summed E-state index contributed by atoms with van der Waals surface area (Å²) >= 11 is 0. The third-order valence-electron chi connectivity index (χ3n) is 5.35. The van der Waals surface area contributed by atoms with Crippen LogP contribution in [-0.2, 0) is 14.8 Å². The van der Waals surface area contributed by atoms with E-state index in [2.05, 4.69) is 15.4 Å². The largest absolute Gasteiger partial charge is 0.351 e. The van der Waals surface area contributed by atoms with Crippen molar-refractivity contribution in [2.75, 3.05) is 18.4 Å². The number of hydrogen-bond acceptors (Lipinski definition) is 4. The van der Waals surface area contributed by atoms with E-state index in [1.165, 1.54) is 0 Å². The van der Waals surface area contributed by atoms with Gasteiger partial charge in [-0.05, 0) is 74.2 Å². The van der Waals surface area contributed by atoms with Crippen LogP contribution in [-0.4, -0.2) is 33.3 Å². The minimum absolute atomic E-state index is 0.0331. The first kappa shape index (κ1) is 23.0. The Labute approximate surface area is 183 Å². The number of nitrogens with one attached hydrogen (secondary N) is 3. The van der Waals surface area contributed by atoms with Crippen molar-refractivity contribution in [2.45, 2.75) is 44.4 Å². The summed E-state index contributed by atoms with van der Waals surface area (Å²) in [6, 6.07) is 11.8. The van der Waals surface area contributed by atoms with Gasteiger partial charge in [-0.2, -0.15) is 0 Å². The van der Waals surface area contributed by atoms with Crippen molar-refractivity contribution in [3.63, 3.8) is 0 Å². The summed E-state index contributed by atoms with van der Waals surface area (Å²) in [5, 5.41) is 5.59. The normalized spacial score (nSPS) is 14.4. The maximum Gasteiger partial charge on any atom is 0.251 e. The monoisotopic (exact) mass is 443 g/mol. The van der Waals surface area contributed by atoms with Gasteiger partial charge in [-0.3, -0.25) is 9.59 Å². The fourth-order valence-electron chi connectivity index (χ4n) is 3.77. The fourth-order valence-corrected chi connectivity index (χ4v) is 4.99. The summed E-state index contributed by atoms with van der Waals surface area (Å²) in [5.74, 6) is -0.194. The lowest BCUT2D eigenvalue weighted by atomic mass is 10.1. The number of amides is 2. The molecular formula is C23H29N3O4S. The Kier molecular flexibility index (Phi) is 7.46. The molecule has 0 unspecified atom stereocenters. The average molecular weight is 444 g/mol. The second-order valence-corrected chi connectivity index (χ2v) is 9.79. The number of hydrogen-bond donors (Lipinski definition) is 3. The van der Waals surface area contributed by atoms with Gasteiger partial charge in [-0.15, -0.1) is 0 Å². The summed E-state index contributed by atoms with van der Waals surface area (Å²) in [6.45, 7) is 3.93. The first-order chi connectivity index (χ1) is 14.7. The zero-order valence-electron chi connectivity index (χ0n) is 17.9. The highest BCUT2D eigenvalue weighted by molar-refractivity contribution is 7.89. The Morgan fingerprint density at radius 2 is 1.55 bits per heavy atom. The molecule has 3 rings (SSSR count). The van der Waals surface area contributed by atoms with Gasteiger partial charge in [0, 0.05) is 30.3 Å². The Hall–Kier alpha value is -2.71. The van der Waals surface area contributed by atoms with Crippen LogP contribution >= 0.6 is 0 Å². The van der Waals surface area contributed by atoms with Crippen LogP contribution < -0.4 is 15.4 Å². The Morgan fingerprint density at radius 3 is 2.16 bits per heavy atom. The highest BCUT2D eigenvalue weighted by Gasteiger charge is 2.22. The number of anilines is 1. The Balaban J connectivity index is 1.46. The molecule has 7 nitrogen and oxygen atoms in total. The molecule has 1 saturated carbocycles. The van der Waals surface area contributed by atoms with Gasteiger partial charge < -0.3 is 10.6 Å². The molecule has 31 heavy (non-hydrogen) atoms. The molecule has 0 bridgehead atoms. The van der Waals surface area contributed by atoms with E-state index in [0.717, 1.165) is 36.8 Å². The van der Waals surface area contributed by atoms with Gasteiger partial charge in [0.1, 0.15) is 0 Å². The van der Waals surface area contributed by atoms with Gasteiger partial charge in [-0.1, -0.05) is 18.9 Å². The third kappa shape index (κ3) is 6.38. The smallest absolute Gasteiger partial charge is 0.251 e. The molecule has 0 spiro atoms. The second-order valence-electron chi connectivity index (χ2n) is 8.03. The van der Waals surface area contributed by atoms with Gasteiger partial charge >= 0.3 is 0 Å². The fraction of sp³-hybridized carbons (Fsp3) is 0.391. The van der Waals surface area contributed by atoms with Crippen LogP contribution in [0.15, 0.2) is 47.4 Å². The number of benzene rings is 2. The van der Waals surface area contributed by atoms with E-state index in [9.17, 15) is 18.0 Å². The lowest BCUT2D eigenvalue weighted by Crippen LogP contribution is -2.34. The second kappa shape index (κ2) is 10.1. The highest BCUT2D eigenvalue weighted by atomic mass is 32.2. The molecular weight excluding hydrogens is 414 g/mol. The van der Waals surface area contributed by atoms with Crippen molar-refractivity contribution in [3.05, 3.63) is 59.2 Å². The van der Waals surface area contributed by atoms with E-state index in [1.54, 1.807) is 36.4 Å². The van der Waals surface area contributed by atoms with E-state index in [-0.39, 0.29) is 35.7 Å². The van der Waals surface area contributed by atoms with Crippen molar-refractivity contribution in [1.82, 2.24) is 10.0 Å². The van der Waals surface area contributed by atoms with Crippen molar-refractivity contribution in [2.24, 2.45) is 5.92 Å². The van der Waals surface area contributed by atoms with E-state index in [0.29, 0.717) is 11.3 Å². The lowest BCUT2D eigenvalue weighted by molar-refractivity contribution is -0.119. The Bertz CT molecular complexity index is 1020. The van der Waals surface area contributed by atoms with E-state index < -0.39 is 10.0 Å². The minimum atomic E-state index is -3.63. The number of aryl methyl sites for hydroxylation is 2. The van der Waals surface area contributed by atoms with Crippen LogP contribution in [0.25, 0.3) is 0 Å². The third-order valence-corrected chi connectivity index (χ3v) is 6.79. The van der Waals surface area contributed by atoms with Crippen molar-refractivity contribution < 1.29 is 18.0 Å². The van der Waals surface area contributed by atoms with Gasteiger partial charge in [0.25, 0.3) is 5.91 Å². The predicted octanol–water partition coefficient (Wildman–Crippen LogP) is 3.14. The summed E-state index contributed by atoms with van der Waals surface area (Å²) < 4.78 is 27.3. The quantitative estimate of drug-likeness (QED) is 0.545. The molecule has 0 atom stereocenters. The SMILES string of the molecule is Cc1cc(C)cc(S(=O)(=O)NCCNC(=O)c2ccc(NC(=O)C3CCCC3)cc2)c1. The Morgan fingerprint density at radius 1 is 0.935 bits per heavy atom. The number of carbonyl (C=O) groups is 2. The zero-order chi connectivity index (χ0) is 22.4. The number of rotatable bonds is 8. The molecule has 0 aromatic heterocycles. The maximum atomic E-state index is 12.4. The zero-order valence-corrected chi connectivity index (χ0v) is 18.7. The summed E-state index contributed by atoms with van der Waals surface area (Å²) in [7, 11) is -3.63. The maximum absolute atomic E-state index is 12.4. The van der Waals surface area contributed by atoms with Crippen molar-refractivity contribution in [1.29, 1.82) is 0 Å². The molecule has 3 N–H and O–H groups in total. The van der Waals surface area contributed by atoms with Gasteiger partial charge in [0.05, 0.1) is 4.90 Å². The molecule has 0 radical (unpaired) electrons. The standard InChI is InChI=1S/C23H29N3O4S/c1-16-13-17(2)15-21(14-16)31(29,30)25-12-11-24-22(27)19-7-9-20(10-8-19)26-23(28)18-5-3-4-6-18/h7-10,13-15,18,25H,3-6,11-12H2,1-2H3,(H,24,27)(H,26,28). The predicted molar refractivity (Wildman–Crippen MR) is 120 cm³/mol. The van der Waals surface area contributed by atoms with Gasteiger partial charge in [0.2, 0.25) is 15.9 Å². The van der Waals surface area contributed by atoms with Gasteiger partial charge in [-0.25, -0.2) is 13.1 Å². The van der Waals surface area contributed by atoms with E-state index >= 15 is 0 Å². The van der Waals surface area contributed by atoms with E-state index in [4.69, 9.17) is 0 Å². The molecule has 2 aromatic rings. The molecule has 1 fully saturated rings. The molecule has 0 heterocycles. The number of carbonyl (C=O) groups excluding carboxylic acids is 2. The molecule has 0 aliphatic heterocycles. The van der Waals surface area contributed by atoms with Crippen LogP contribution in [0.5, 0.6) is 0 Å². The van der Waals surface area contributed by atoms with Gasteiger partial charge in [0.15, 0.2) is 0 Å². The summed E-state index contributed by atoms with van der Waals surface area (Å²) in [4.78, 5) is 24.7.